The van der Waals surface area contributed by atoms with E-state index in [0.717, 1.165) is 0 Å². The predicted octanol–water partition coefficient (Wildman–Crippen LogP) is 1.28. The number of carbonyl (C=O) groups is 2. The van der Waals surface area contributed by atoms with Crippen LogP contribution in [0.25, 0.3) is 5.69 Å². The lowest BCUT2D eigenvalue weighted by Gasteiger charge is -2.27. The summed E-state index contributed by atoms with van der Waals surface area (Å²) >= 11 is 1.46. The number of hydrogen-bond donors (Lipinski definition) is 1. The molecule has 0 radical (unpaired) electrons. The molecule has 2 saturated heterocycles. The van der Waals surface area contributed by atoms with Gasteiger partial charge in [-0.25, -0.2) is 9.18 Å². The Morgan fingerprint density at radius 1 is 1.21 bits per heavy atom. The second-order valence-corrected chi connectivity index (χ2v) is 7.67. The number of nitrogens with one attached hydrogen (secondary N) is 1. The largest absolute Gasteiger partial charge is 0.378 e. The topological polar surface area (TPSA) is 92.6 Å². The fraction of sp³-hybridized carbons (Fsp3) is 0.444. The Bertz CT molecular complexity index is 885. The number of morpholine rings is 1. The number of carbonyl (C=O) groups excluding carboxylic acids is 2. The number of anilines is 1. The number of benzene rings is 1. The Morgan fingerprint density at radius 2 is 2.03 bits per heavy atom. The van der Waals surface area contributed by atoms with E-state index in [1.807, 2.05) is 10.6 Å². The van der Waals surface area contributed by atoms with Crippen LogP contribution in [0.15, 0.2) is 29.4 Å². The molecule has 1 aromatic heterocycles. The molecule has 0 aliphatic carbocycles. The summed E-state index contributed by atoms with van der Waals surface area (Å²) in [6, 6.07) is 5.96. The molecule has 3 heterocycles. The van der Waals surface area contributed by atoms with Gasteiger partial charge in [-0.1, -0.05) is 17.8 Å². The van der Waals surface area contributed by atoms with Crippen LogP contribution in [0.2, 0.25) is 0 Å². The molecule has 2 aromatic rings. The predicted molar refractivity (Wildman–Crippen MR) is 105 cm³/mol. The van der Waals surface area contributed by atoms with Crippen molar-refractivity contribution >= 4 is 29.6 Å². The summed E-state index contributed by atoms with van der Waals surface area (Å²) < 4.78 is 21.1. The van der Waals surface area contributed by atoms with Crippen LogP contribution in [0.4, 0.5) is 15.1 Å². The van der Waals surface area contributed by atoms with Crippen LogP contribution in [0.1, 0.15) is 6.42 Å². The molecular formula is C18H21FN6O3S. The zero-order chi connectivity index (χ0) is 20.2. The first-order valence-electron chi connectivity index (χ1n) is 9.38. The van der Waals surface area contributed by atoms with Crippen LogP contribution in [0, 0.1) is 5.82 Å². The van der Waals surface area contributed by atoms with Crippen LogP contribution in [-0.4, -0.2) is 76.7 Å². The third-order valence-corrected chi connectivity index (χ3v) is 5.69. The molecule has 1 aromatic carbocycles. The Kier molecular flexibility index (Phi) is 5.95. The van der Waals surface area contributed by atoms with Gasteiger partial charge in [0, 0.05) is 25.4 Å². The van der Waals surface area contributed by atoms with Crippen molar-refractivity contribution in [3.8, 4) is 5.69 Å². The number of imide groups is 1. The number of hydrogen-bond acceptors (Lipinski definition) is 7. The molecule has 0 saturated carbocycles. The minimum absolute atomic E-state index is 0.0583. The summed E-state index contributed by atoms with van der Waals surface area (Å²) in [5.41, 5.74) is 0.646. The quantitative estimate of drug-likeness (QED) is 0.410. The first-order valence-corrected chi connectivity index (χ1v) is 10.4. The normalized spacial score (nSPS) is 17.1. The lowest BCUT2D eigenvalue weighted by Crippen LogP contribution is -2.37. The highest BCUT2D eigenvalue weighted by Crippen LogP contribution is 2.28. The molecule has 11 heteroatoms. The monoisotopic (exact) mass is 420 g/mol. The molecule has 0 unspecified atom stereocenters. The molecule has 1 N–H and O–H groups in total. The Morgan fingerprint density at radius 3 is 2.76 bits per heavy atom. The lowest BCUT2D eigenvalue weighted by atomic mass is 10.3. The van der Waals surface area contributed by atoms with E-state index in [4.69, 9.17) is 4.74 Å². The third-order valence-electron chi connectivity index (χ3n) is 4.67. The third kappa shape index (κ3) is 4.35. The first kappa shape index (κ1) is 19.6. The average Bonchev–Trinajstić information content (AvgIpc) is 3.29. The van der Waals surface area contributed by atoms with Crippen molar-refractivity contribution in [2.75, 3.05) is 50.0 Å². The molecule has 4 rings (SSSR count). The molecule has 29 heavy (non-hydrogen) atoms. The molecule has 2 aliphatic heterocycles. The molecular weight excluding hydrogens is 399 g/mol. The van der Waals surface area contributed by atoms with E-state index >= 15 is 0 Å². The van der Waals surface area contributed by atoms with Crippen LogP contribution >= 0.6 is 11.8 Å². The number of thioether (sulfide) groups is 1. The van der Waals surface area contributed by atoms with E-state index in [0.29, 0.717) is 61.8 Å². The average molecular weight is 420 g/mol. The maximum absolute atomic E-state index is 13.8. The standard InChI is InChI=1S/C18H21FN6O3S/c19-13-3-1-4-14(11-13)25-16(23-6-8-28-9-7-23)21-22-18(25)29-10-2-5-24-15(26)12-20-17(24)27/h1,3-4,11H,2,5-10,12H2,(H,20,27). The fourth-order valence-corrected chi connectivity index (χ4v) is 4.10. The van der Waals surface area contributed by atoms with Crippen LogP contribution < -0.4 is 10.2 Å². The van der Waals surface area contributed by atoms with Crippen LogP contribution in [0.3, 0.4) is 0 Å². The second-order valence-electron chi connectivity index (χ2n) is 6.60. The van der Waals surface area contributed by atoms with Crippen molar-refractivity contribution in [1.82, 2.24) is 25.0 Å². The van der Waals surface area contributed by atoms with Crippen molar-refractivity contribution in [3.05, 3.63) is 30.1 Å². The van der Waals surface area contributed by atoms with Gasteiger partial charge in [-0.3, -0.25) is 14.3 Å². The molecule has 0 bridgehead atoms. The van der Waals surface area contributed by atoms with Gasteiger partial charge in [-0.05, 0) is 24.6 Å². The van der Waals surface area contributed by atoms with Crippen molar-refractivity contribution in [2.24, 2.45) is 0 Å². The lowest BCUT2D eigenvalue weighted by molar-refractivity contribution is -0.124. The molecule has 154 valence electrons. The molecule has 0 atom stereocenters. The van der Waals surface area contributed by atoms with Gasteiger partial charge in [0.05, 0.1) is 25.4 Å². The fourth-order valence-electron chi connectivity index (χ4n) is 3.23. The van der Waals surface area contributed by atoms with Gasteiger partial charge in [-0.2, -0.15) is 0 Å². The number of aromatic nitrogens is 3. The summed E-state index contributed by atoms with van der Waals surface area (Å²) in [4.78, 5) is 26.6. The molecule has 0 spiro atoms. The number of ether oxygens (including phenoxy) is 1. The SMILES string of the molecule is O=C1CNC(=O)N1CCCSc1nnc(N2CCOCC2)n1-c1cccc(F)c1. The zero-order valence-corrected chi connectivity index (χ0v) is 16.5. The Balaban J connectivity index is 1.49. The molecule has 9 nitrogen and oxygen atoms in total. The highest BCUT2D eigenvalue weighted by molar-refractivity contribution is 7.99. The van der Waals surface area contributed by atoms with Gasteiger partial charge in [0.25, 0.3) is 0 Å². The number of halogens is 1. The smallest absolute Gasteiger partial charge is 0.324 e. The molecule has 3 amide bonds. The van der Waals surface area contributed by atoms with Gasteiger partial charge in [-0.15, -0.1) is 10.2 Å². The van der Waals surface area contributed by atoms with E-state index in [1.165, 1.54) is 28.8 Å². The van der Waals surface area contributed by atoms with Crippen LogP contribution in [0.5, 0.6) is 0 Å². The summed E-state index contributed by atoms with van der Waals surface area (Å²) in [6.07, 6.45) is 0.618. The van der Waals surface area contributed by atoms with E-state index < -0.39 is 0 Å². The maximum atomic E-state index is 13.8. The molecule has 2 fully saturated rings. The highest BCUT2D eigenvalue weighted by atomic mass is 32.2. The second kappa shape index (κ2) is 8.78. The van der Waals surface area contributed by atoms with Gasteiger partial charge >= 0.3 is 6.03 Å². The van der Waals surface area contributed by atoms with Crippen molar-refractivity contribution in [2.45, 2.75) is 11.6 Å². The number of urea groups is 1. The summed E-state index contributed by atoms with van der Waals surface area (Å²) in [7, 11) is 0. The van der Waals surface area contributed by atoms with Gasteiger partial charge < -0.3 is 15.0 Å². The minimum Gasteiger partial charge on any atom is -0.378 e. The van der Waals surface area contributed by atoms with E-state index in [-0.39, 0.29) is 24.3 Å². The van der Waals surface area contributed by atoms with Gasteiger partial charge in [0.1, 0.15) is 5.82 Å². The van der Waals surface area contributed by atoms with E-state index in [9.17, 15) is 14.0 Å². The first-order chi connectivity index (χ1) is 14.1. The van der Waals surface area contributed by atoms with Crippen molar-refractivity contribution in [1.29, 1.82) is 0 Å². The number of amides is 3. The summed E-state index contributed by atoms with van der Waals surface area (Å²) in [6.45, 7) is 2.98. The van der Waals surface area contributed by atoms with Gasteiger partial charge in [0.15, 0.2) is 5.16 Å². The minimum atomic E-state index is -0.350. The molecule has 2 aliphatic rings. The van der Waals surface area contributed by atoms with Crippen molar-refractivity contribution in [3.63, 3.8) is 0 Å². The van der Waals surface area contributed by atoms with Crippen LogP contribution in [-0.2, 0) is 9.53 Å². The van der Waals surface area contributed by atoms with E-state index in [1.54, 1.807) is 6.07 Å². The van der Waals surface area contributed by atoms with Gasteiger partial charge in [0.2, 0.25) is 11.9 Å². The summed E-state index contributed by atoms with van der Waals surface area (Å²) in [5.74, 6) is 0.736. The number of rotatable bonds is 7. The zero-order valence-electron chi connectivity index (χ0n) is 15.7. The van der Waals surface area contributed by atoms with Crippen molar-refractivity contribution < 1.29 is 18.7 Å². The number of nitrogens with zero attached hydrogens (tertiary/aromatic N) is 5. The summed E-state index contributed by atoms with van der Waals surface area (Å²) in [5, 5.41) is 11.8. The maximum Gasteiger partial charge on any atom is 0.324 e. The Hall–Kier alpha value is -2.66. The van der Waals surface area contributed by atoms with E-state index in [2.05, 4.69) is 20.4 Å². The highest BCUT2D eigenvalue weighted by Gasteiger charge is 2.28. The Labute approximate surface area is 171 Å².